The summed E-state index contributed by atoms with van der Waals surface area (Å²) in [5.41, 5.74) is 1.98. The van der Waals surface area contributed by atoms with Crippen molar-refractivity contribution in [2.45, 2.75) is 13.0 Å². The molecule has 1 aromatic carbocycles. The zero-order valence-corrected chi connectivity index (χ0v) is 13.1. The highest BCUT2D eigenvalue weighted by Gasteiger charge is 2.27. The SMILES string of the molecule is O=S1(=O)CC[C@H](CNCc2ccc(Cl)c3cccnc23)C1. The van der Waals surface area contributed by atoms with E-state index in [-0.39, 0.29) is 5.92 Å². The number of nitrogens with one attached hydrogen (secondary N) is 1. The normalized spacial score (nSPS) is 20.9. The van der Waals surface area contributed by atoms with E-state index < -0.39 is 9.84 Å². The number of halogens is 1. The summed E-state index contributed by atoms with van der Waals surface area (Å²) in [5, 5.41) is 4.99. The second-order valence-electron chi connectivity index (χ2n) is 5.51. The molecule has 112 valence electrons. The number of rotatable bonds is 4. The van der Waals surface area contributed by atoms with Gasteiger partial charge in [-0.05, 0) is 42.6 Å². The first-order valence-corrected chi connectivity index (χ1v) is 9.18. The highest BCUT2D eigenvalue weighted by molar-refractivity contribution is 7.91. The Balaban J connectivity index is 1.68. The van der Waals surface area contributed by atoms with Gasteiger partial charge in [-0.25, -0.2) is 8.42 Å². The summed E-state index contributed by atoms with van der Waals surface area (Å²) in [7, 11) is -2.80. The Morgan fingerprint density at radius 1 is 1.33 bits per heavy atom. The molecule has 0 saturated carbocycles. The molecular weight excluding hydrogens is 308 g/mol. The quantitative estimate of drug-likeness (QED) is 0.938. The molecule has 1 aliphatic rings. The standard InChI is InChI=1S/C15H17ClN2O2S/c16-14-4-3-12(15-13(14)2-1-6-18-15)9-17-8-11-5-7-21(19,20)10-11/h1-4,6,11,17H,5,7-10H2/t11-/m1/s1. The predicted octanol–water partition coefficient (Wildman–Crippen LogP) is 2.41. The molecule has 1 atom stereocenters. The molecule has 0 unspecified atom stereocenters. The minimum Gasteiger partial charge on any atom is -0.312 e. The molecule has 0 radical (unpaired) electrons. The van der Waals surface area contributed by atoms with Gasteiger partial charge in [0.25, 0.3) is 0 Å². The van der Waals surface area contributed by atoms with Crippen LogP contribution in [0.4, 0.5) is 0 Å². The van der Waals surface area contributed by atoms with Crippen LogP contribution in [-0.2, 0) is 16.4 Å². The summed E-state index contributed by atoms with van der Waals surface area (Å²) in [6.45, 7) is 1.39. The summed E-state index contributed by atoms with van der Waals surface area (Å²) in [4.78, 5) is 4.40. The number of fused-ring (bicyclic) bond motifs is 1. The third kappa shape index (κ3) is 3.36. The van der Waals surface area contributed by atoms with Crippen LogP contribution < -0.4 is 5.32 Å². The smallest absolute Gasteiger partial charge is 0.150 e. The molecule has 1 aliphatic heterocycles. The summed E-state index contributed by atoms with van der Waals surface area (Å²) >= 11 is 6.17. The third-order valence-corrected chi connectivity index (χ3v) is 6.04. The van der Waals surface area contributed by atoms with Gasteiger partial charge in [-0.15, -0.1) is 0 Å². The van der Waals surface area contributed by atoms with Crippen molar-refractivity contribution in [3.63, 3.8) is 0 Å². The fourth-order valence-corrected chi connectivity index (χ4v) is 4.86. The van der Waals surface area contributed by atoms with E-state index in [1.807, 2.05) is 24.3 Å². The number of hydrogen-bond donors (Lipinski definition) is 1. The molecule has 1 fully saturated rings. The predicted molar refractivity (Wildman–Crippen MR) is 85.2 cm³/mol. The van der Waals surface area contributed by atoms with E-state index in [1.165, 1.54) is 0 Å². The van der Waals surface area contributed by atoms with Crippen LogP contribution in [0.15, 0.2) is 30.5 Å². The van der Waals surface area contributed by atoms with Crippen LogP contribution in [0.1, 0.15) is 12.0 Å². The van der Waals surface area contributed by atoms with Gasteiger partial charge in [-0.2, -0.15) is 0 Å². The molecule has 1 saturated heterocycles. The van der Waals surface area contributed by atoms with E-state index in [2.05, 4.69) is 10.3 Å². The van der Waals surface area contributed by atoms with Gasteiger partial charge in [0.1, 0.15) is 0 Å². The van der Waals surface area contributed by atoms with Crippen molar-refractivity contribution in [3.05, 3.63) is 41.0 Å². The first-order valence-electron chi connectivity index (χ1n) is 6.98. The lowest BCUT2D eigenvalue weighted by Crippen LogP contribution is -2.23. The van der Waals surface area contributed by atoms with Crippen molar-refractivity contribution in [3.8, 4) is 0 Å². The van der Waals surface area contributed by atoms with Crippen LogP contribution in [0.3, 0.4) is 0 Å². The summed E-state index contributed by atoms with van der Waals surface area (Å²) < 4.78 is 22.9. The van der Waals surface area contributed by atoms with E-state index in [0.717, 1.165) is 29.4 Å². The van der Waals surface area contributed by atoms with Crippen LogP contribution >= 0.6 is 11.6 Å². The number of hydrogen-bond acceptors (Lipinski definition) is 4. The molecule has 0 amide bonds. The molecule has 1 aromatic heterocycles. The topological polar surface area (TPSA) is 59.1 Å². The van der Waals surface area contributed by atoms with Crippen LogP contribution in [-0.4, -0.2) is 31.5 Å². The average Bonchev–Trinajstić information content (AvgIpc) is 2.81. The van der Waals surface area contributed by atoms with Crippen molar-refractivity contribution in [1.29, 1.82) is 0 Å². The Bertz CT molecular complexity index is 761. The van der Waals surface area contributed by atoms with Gasteiger partial charge in [0.2, 0.25) is 0 Å². The monoisotopic (exact) mass is 324 g/mol. The van der Waals surface area contributed by atoms with Gasteiger partial charge in [0.05, 0.1) is 17.0 Å². The maximum atomic E-state index is 11.4. The number of aromatic nitrogens is 1. The fourth-order valence-electron chi connectivity index (χ4n) is 2.78. The van der Waals surface area contributed by atoms with Gasteiger partial charge in [0.15, 0.2) is 9.84 Å². The Labute approximate surface area is 129 Å². The van der Waals surface area contributed by atoms with Crippen LogP contribution in [0.2, 0.25) is 5.02 Å². The van der Waals surface area contributed by atoms with E-state index >= 15 is 0 Å². The second kappa shape index (κ2) is 5.91. The molecule has 0 bridgehead atoms. The number of nitrogens with zero attached hydrogens (tertiary/aromatic N) is 1. The van der Waals surface area contributed by atoms with Crippen LogP contribution in [0, 0.1) is 5.92 Å². The van der Waals surface area contributed by atoms with Crippen molar-refractivity contribution in [2.75, 3.05) is 18.1 Å². The Morgan fingerprint density at radius 3 is 2.95 bits per heavy atom. The first-order chi connectivity index (χ1) is 10.1. The van der Waals surface area contributed by atoms with Gasteiger partial charge >= 0.3 is 0 Å². The average molecular weight is 325 g/mol. The van der Waals surface area contributed by atoms with Gasteiger partial charge < -0.3 is 5.32 Å². The molecule has 4 nitrogen and oxygen atoms in total. The highest BCUT2D eigenvalue weighted by atomic mass is 35.5. The number of pyridine rings is 1. The molecule has 0 spiro atoms. The zero-order chi connectivity index (χ0) is 14.9. The van der Waals surface area contributed by atoms with E-state index in [4.69, 9.17) is 11.6 Å². The van der Waals surface area contributed by atoms with Crippen molar-refractivity contribution in [2.24, 2.45) is 5.92 Å². The summed E-state index contributed by atoms with van der Waals surface area (Å²) in [5.74, 6) is 0.853. The lowest BCUT2D eigenvalue weighted by molar-refractivity contribution is 0.521. The number of benzene rings is 1. The molecule has 0 aliphatic carbocycles. The van der Waals surface area contributed by atoms with E-state index in [0.29, 0.717) is 23.1 Å². The lowest BCUT2D eigenvalue weighted by atomic mass is 10.1. The lowest BCUT2D eigenvalue weighted by Gasteiger charge is -2.11. The first kappa shape index (κ1) is 14.8. The zero-order valence-electron chi connectivity index (χ0n) is 11.5. The summed E-state index contributed by atoms with van der Waals surface area (Å²) in [6, 6.07) is 7.67. The minimum absolute atomic E-state index is 0.224. The Hall–Kier alpha value is -1.17. The maximum absolute atomic E-state index is 11.4. The summed E-state index contributed by atoms with van der Waals surface area (Å²) in [6.07, 6.45) is 2.51. The minimum atomic E-state index is -2.80. The van der Waals surface area contributed by atoms with Gasteiger partial charge in [-0.1, -0.05) is 17.7 Å². The Morgan fingerprint density at radius 2 is 2.19 bits per heavy atom. The van der Waals surface area contributed by atoms with Crippen LogP contribution in [0.25, 0.3) is 10.9 Å². The van der Waals surface area contributed by atoms with Crippen LogP contribution in [0.5, 0.6) is 0 Å². The fraction of sp³-hybridized carbons (Fsp3) is 0.400. The molecule has 2 heterocycles. The molecule has 3 rings (SSSR count). The molecule has 21 heavy (non-hydrogen) atoms. The molecular formula is C15H17ClN2O2S. The van der Waals surface area contributed by atoms with Crippen molar-refractivity contribution < 1.29 is 8.42 Å². The van der Waals surface area contributed by atoms with Crippen molar-refractivity contribution >= 4 is 32.3 Å². The third-order valence-electron chi connectivity index (χ3n) is 3.88. The number of sulfone groups is 1. The Kier molecular flexibility index (Phi) is 4.15. The van der Waals surface area contributed by atoms with E-state index in [9.17, 15) is 8.42 Å². The molecule has 1 N–H and O–H groups in total. The van der Waals surface area contributed by atoms with Gasteiger partial charge in [-0.3, -0.25) is 4.98 Å². The largest absolute Gasteiger partial charge is 0.312 e. The van der Waals surface area contributed by atoms with Crippen molar-refractivity contribution in [1.82, 2.24) is 10.3 Å². The molecule has 2 aromatic rings. The maximum Gasteiger partial charge on any atom is 0.150 e. The highest BCUT2D eigenvalue weighted by Crippen LogP contribution is 2.25. The van der Waals surface area contributed by atoms with Gasteiger partial charge in [0, 0.05) is 23.2 Å². The molecule has 6 heteroatoms. The second-order valence-corrected chi connectivity index (χ2v) is 8.14. The van der Waals surface area contributed by atoms with E-state index in [1.54, 1.807) is 6.20 Å².